The van der Waals surface area contributed by atoms with Crippen molar-refractivity contribution in [2.45, 2.75) is 92.4 Å². The topological polar surface area (TPSA) is 26.3 Å². The van der Waals surface area contributed by atoms with Gasteiger partial charge in [0.15, 0.2) is 0 Å². The summed E-state index contributed by atoms with van der Waals surface area (Å²) >= 11 is 0. The molecule has 0 rings (SSSR count). The second-order valence-corrected chi connectivity index (χ2v) is 6.82. The van der Waals surface area contributed by atoms with Gasteiger partial charge in [-0.05, 0) is 25.7 Å². The molecule has 0 aromatic carbocycles. The number of esters is 1. The van der Waals surface area contributed by atoms with Crippen molar-refractivity contribution in [3.63, 3.8) is 0 Å². The second-order valence-electron chi connectivity index (χ2n) is 6.82. The number of unbranched alkanes of at least 4 members (excludes halogenated alkanes) is 5. The zero-order chi connectivity index (χ0) is 15.4. The third kappa shape index (κ3) is 8.60. The molecule has 0 amide bonds. The van der Waals surface area contributed by atoms with Crippen molar-refractivity contribution in [3.8, 4) is 0 Å². The maximum Gasteiger partial charge on any atom is 0.311 e. The largest absolute Gasteiger partial charge is 0.465 e. The number of carbonyl (C=O) groups excluding carboxylic acids is 1. The number of hydrogen-bond donors (Lipinski definition) is 0. The summed E-state index contributed by atoms with van der Waals surface area (Å²) in [6, 6.07) is 0. The molecule has 2 nitrogen and oxygen atoms in total. The van der Waals surface area contributed by atoms with Gasteiger partial charge in [-0.25, -0.2) is 0 Å². The molecule has 2 heteroatoms. The summed E-state index contributed by atoms with van der Waals surface area (Å²) in [6.07, 6.45) is 10.5. The zero-order valence-corrected chi connectivity index (χ0v) is 14.5. The van der Waals surface area contributed by atoms with Gasteiger partial charge >= 0.3 is 5.97 Å². The molecule has 1 atom stereocenters. The van der Waals surface area contributed by atoms with Crippen LogP contribution < -0.4 is 0 Å². The predicted molar refractivity (Wildman–Crippen MR) is 86.8 cm³/mol. The van der Waals surface area contributed by atoms with Gasteiger partial charge in [0.05, 0.1) is 12.0 Å². The van der Waals surface area contributed by atoms with Gasteiger partial charge in [-0.2, -0.15) is 0 Å². The molecule has 20 heavy (non-hydrogen) atoms. The van der Waals surface area contributed by atoms with Crippen molar-refractivity contribution >= 4 is 5.97 Å². The summed E-state index contributed by atoms with van der Waals surface area (Å²) < 4.78 is 5.50. The van der Waals surface area contributed by atoms with Crippen LogP contribution in [0.15, 0.2) is 0 Å². The highest BCUT2D eigenvalue weighted by molar-refractivity contribution is 5.76. The van der Waals surface area contributed by atoms with E-state index in [9.17, 15) is 4.79 Å². The van der Waals surface area contributed by atoms with Gasteiger partial charge in [-0.1, -0.05) is 72.6 Å². The van der Waals surface area contributed by atoms with Crippen molar-refractivity contribution in [2.75, 3.05) is 6.61 Å². The third-order valence-electron chi connectivity index (χ3n) is 3.95. The summed E-state index contributed by atoms with van der Waals surface area (Å²) in [5, 5.41) is 0. The molecule has 120 valence electrons. The molecule has 0 aliphatic rings. The van der Waals surface area contributed by atoms with E-state index in [0.717, 1.165) is 32.1 Å². The van der Waals surface area contributed by atoms with E-state index in [1.807, 2.05) is 0 Å². The second kappa shape index (κ2) is 11.2. The average Bonchev–Trinajstić information content (AvgIpc) is 2.42. The fourth-order valence-corrected chi connectivity index (χ4v) is 2.43. The van der Waals surface area contributed by atoms with E-state index < -0.39 is 0 Å². The molecular weight excluding hydrogens is 248 g/mol. The molecule has 0 aliphatic carbocycles. The van der Waals surface area contributed by atoms with Gasteiger partial charge in [0, 0.05) is 0 Å². The normalized spacial score (nSPS) is 14.3. The monoisotopic (exact) mass is 284 g/mol. The summed E-state index contributed by atoms with van der Waals surface area (Å²) in [7, 11) is 0. The van der Waals surface area contributed by atoms with Gasteiger partial charge in [-0.3, -0.25) is 4.79 Å². The third-order valence-corrected chi connectivity index (χ3v) is 3.95. The number of ether oxygens (including phenoxy) is 1. The van der Waals surface area contributed by atoms with Crippen LogP contribution in [0.5, 0.6) is 0 Å². The SMILES string of the molecule is CCCCCCCC(C)(CCCC)C(=O)OCC(C)C. The van der Waals surface area contributed by atoms with E-state index in [1.165, 1.54) is 25.7 Å². The Kier molecular flexibility index (Phi) is 10.9. The average molecular weight is 284 g/mol. The highest BCUT2D eigenvalue weighted by Gasteiger charge is 2.33. The van der Waals surface area contributed by atoms with Gasteiger partial charge in [-0.15, -0.1) is 0 Å². The molecule has 0 heterocycles. The summed E-state index contributed by atoms with van der Waals surface area (Å²) in [6.45, 7) is 11.2. The van der Waals surface area contributed by atoms with Crippen LogP contribution in [0, 0.1) is 11.3 Å². The molecule has 0 aromatic rings. The molecule has 0 N–H and O–H groups in total. The van der Waals surface area contributed by atoms with Crippen LogP contribution in [-0.4, -0.2) is 12.6 Å². The van der Waals surface area contributed by atoms with Crippen molar-refractivity contribution in [1.29, 1.82) is 0 Å². The Hall–Kier alpha value is -0.530. The Morgan fingerprint density at radius 1 is 0.950 bits per heavy atom. The molecule has 0 saturated heterocycles. The lowest BCUT2D eigenvalue weighted by Gasteiger charge is -2.28. The lowest BCUT2D eigenvalue weighted by atomic mass is 9.80. The van der Waals surface area contributed by atoms with Crippen LogP contribution in [0.1, 0.15) is 92.4 Å². The molecule has 0 fully saturated rings. The van der Waals surface area contributed by atoms with Gasteiger partial charge in [0.25, 0.3) is 0 Å². The van der Waals surface area contributed by atoms with Gasteiger partial charge in [0.2, 0.25) is 0 Å². The van der Waals surface area contributed by atoms with Gasteiger partial charge < -0.3 is 4.74 Å². The van der Waals surface area contributed by atoms with Crippen LogP contribution in [0.3, 0.4) is 0 Å². The van der Waals surface area contributed by atoms with Crippen LogP contribution in [-0.2, 0) is 9.53 Å². The van der Waals surface area contributed by atoms with Crippen molar-refractivity contribution in [3.05, 3.63) is 0 Å². The smallest absolute Gasteiger partial charge is 0.311 e. The minimum Gasteiger partial charge on any atom is -0.465 e. The lowest BCUT2D eigenvalue weighted by Crippen LogP contribution is -2.31. The first-order valence-corrected chi connectivity index (χ1v) is 8.63. The van der Waals surface area contributed by atoms with E-state index in [2.05, 4.69) is 34.6 Å². The van der Waals surface area contributed by atoms with Crippen LogP contribution >= 0.6 is 0 Å². The molecule has 0 aliphatic heterocycles. The maximum atomic E-state index is 12.4. The number of carbonyl (C=O) groups is 1. The van der Waals surface area contributed by atoms with Crippen molar-refractivity contribution in [2.24, 2.45) is 11.3 Å². The Morgan fingerprint density at radius 2 is 1.50 bits per heavy atom. The Bertz CT molecular complexity index is 248. The fraction of sp³-hybridized carbons (Fsp3) is 0.944. The highest BCUT2D eigenvalue weighted by Crippen LogP contribution is 2.32. The quantitative estimate of drug-likeness (QED) is 0.337. The van der Waals surface area contributed by atoms with Crippen molar-refractivity contribution in [1.82, 2.24) is 0 Å². The molecule has 0 aromatic heterocycles. The molecular formula is C18H36O2. The lowest BCUT2D eigenvalue weighted by molar-refractivity contribution is -0.157. The summed E-state index contributed by atoms with van der Waals surface area (Å²) in [4.78, 5) is 12.4. The van der Waals surface area contributed by atoms with Crippen LogP contribution in [0.25, 0.3) is 0 Å². The first-order chi connectivity index (χ1) is 9.46. The Labute approximate surface area is 126 Å². The number of hydrogen-bond acceptors (Lipinski definition) is 2. The minimum atomic E-state index is -0.267. The molecule has 0 bridgehead atoms. The van der Waals surface area contributed by atoms with Crippen LogP contribution in [0.4, 0.5) is 0 Å². The molecule has 0 spiro atoms. The Morgan fingerprint density at radius 3 is 2.05 bits per heavy atom. The van der Waals surface area contributed by atoms with E-state index >= 15 is 0 Å². The first kappa shape index (κ1) is 19.5. The van der Waals surface area contributed by atoms with Gasteiger partial charge in [0.1, 0.15) is 0 Å². The van der Waals surface area contributed by atoms with E-state index in [0.29, 0.717) is 12.5 Å². The minimum absolute atomic E-state index is 0.0233. The van der Waals surface area contributed by atoms with E-state index in [1.54, 1.807) is 0 Å². The zero-order valence-electron chi connectivity index (χ0n) is 14.5. The number of rotatable bonds is 12. The molecule has 0 radical (unpaired) electrons. The molecule has 1 unspecified atom stereocenters. The van der Waals surface area contributed by atoms with Crippen LogP contribution in [0.2, 0.25) is 0 Å². The molecule has 0 saturated carbocycles. The Balaban J connectivity index is 4.29. The summed E-state index contributed by atoms with van der Waals surface area (Å²) in [5.41, 5.74) is -0.267. The highest BCUT2D eigenvalue weighted by atomic mass is 16.5. The fourth-order valence-electron chi connectivity index (χ4n) is 2.43. The first-order valence-electron chi connectivity index (χ1n) is 8.63. The maximum absolute atomic E-state index is 12.4. The summed E-state index contributed by atoms with van der Waals surface area (Å²) in [5.74, 6) is 0.439. The van der Waals surface area contributed by atoms with Crippen molar-refractivity contribution < 1.29 is 9.53 Å². The van der Waals surface area contributed by atoms with E-state index in [4.69, 9.17) is 4.74 Å². The predicted octanol–water partition coefficient (Wildman–Crippen LogP) is 5.74. The van der Waals surface area contributed by atoms with E-state index in [-0.39, 0.29) is 11.4 Å². The standard InChI is InChI=1S/C18H36O2/c1-6-8-10-11-12-14-18(5,13-9-7-2)17(19)20-15-16(3)4/h16H,6-15H2,1-5H3.